The fraction of sp³-hybridized carbons (Fsp3) is 0.308. The van der Waals surface area contributed by atoms with Crippen LogP contribution < -0.4 is 0 Å². The van der Waals surface area contributed by atoms with Crippen LogP contribution in [0.1, 0.15) is 10.6 Å². The van der Waals surface area contributed by atoms with Crippen LogP contribution in [0.25, 0.3) is 10.6 Å². The molecule has 0 unspecified atom stereocenters. The van der Waals surface area contributed by atoms with Crippen LogP contribution in [0.4, 0.5) is 0 Å². The van der Waals surface area contributed by atoms with Gasteiger partial charge in [-0.25, -0.2) is 8.42 Å². The van der Waals surface area contributed by atoms with Crippen molar-refractivity contribution in [1.82, 2.24) is 10.2 Å². The molecule has 0 saturated carbocycles. The van der Waals surface area contributed by atoms with Crippen molar-refractivity contribution in [2.75, 3.05) is 12.1 Å². The van der Waals surface area contributed by atoms with Gasteiger partial charge in [-0.2, -0.15) is 0 Å². The standard InChI is InChI=1S/C13H13ClN2O3S2/c1-21(18,19)8-9-2-4-10(5-3-9)13-16-15-12(20-13)6-11(17)7-14/h2-5H,6-8H2,1H3. The van der Waals surface area contributed by atoms with Crippen LogP contribution in [0.15, 0.2) is 24.3 Å². The molecule has 0 radical (unpaired) electrons. The predicted molar refractivity (Wildman–Crippen MR) is 83.3 cm³/mol. The molecule has 2 aromatic rings. The van der Waals surface area contributed by atoms with Crippen LogP contribution in [0.3, 0.4) is 0 Å². The Morgan fingerprint density at radius 2 is 1.90 bits per heavy atom. The zero-order chi connectivity index (χ0) is 15.5. The summed E-state index contributed by atoms with van der Waals surface area (Å²) in [6.45, 7) is 0. The second-order valence-electron chi connectivity index (χ2n) is 4.62. The lowest BCUT2D eigenvalue weighted by atomic mass is 10.2. The third-order valence-electron chi connectivity index (χ3n) is 2.59. The number of hydrogen-bond donors (Lipinski definition) is 0. The van der Waals surface area contributed by atoms with Crippen molar-refractivity contribution in [3.8, 4) is 10.6 Å². The number of nitrogens with zero attached hydrogens (tertiary/aromatic N) is 2. The number of Topliss-reactive ketones (excluding diaryl/α,β-unsaturated/α-hetero) is 1. The van der Waals surface area contributed by atoms with Gasteiger partial charge < -0.3 is 0 Å². The van der Waals surface area contributed by atoms with E-state index in [1.54, 1.807) is 24.3 Å². The number of ketones is 1. The third-order valence-corrected chi connectivity index (χ3v) is 4.72. The highest BCUT2D eigenvalue weighted by molar-refractivity contribution is 7.89. The lowest BCUT2D eigenvalue weighted by Gasteiger charge is -2.00. The number of carbonyl (C=O) groups is 1. The van der Waals surface area contributed by atoms with E-state index in [4.69, 9.17) is 11.6 Å². The molecule has 0 amide bonds. The van der Waals surface area contributed by atoms with E-state index in [0.29, 0.717) is 10.0 Å². The van der Waals surface area contributed by atoms with Gasteiger partial charge >= 0.3 is 0 Å². The van der Waals surface area contributed by atoms with Crippen molar-refractivity contribution in [3.05, 3.63) is 34.8 Å². The highest BCUT2D eigenvalue weighted by atomic mass is 35.5. The number of hydrogen-bond acceptors (Lipinski definition) is 6. The molecule has 0 bridgehead atoms. The summed E-state index contributed by atoms with van der Waals surface area (Å²) < 4.78 is 22.5. The first kappa shape index (κ1) is 16.1. The van der Waals surface area contributed by atoms with Crippen LogP contribution >= 0.6 is 22.9 Å². The van der Waals surface area contributed by atoms with E-state index in [2.05, 4.69) is 10.2 Å². The highest BCUT2D eigenvalue weighted by Crippen LogP contribution is 2.24. The Balaban J connectivity index is 2.14. The molecule has 2 rings (SSSR count). The van der Waals surface area contributed by atoms with Crippen molar-refractivity contribution < 1.29 is 13.2 Å². The van der Waals surface area contributed by atoms with Gasteiger partial charge in [0.2, 0.25) is 0 Å². The lowest BCUT2D eigenvalue weighted by Crippen LogP contribution is -2.02. The number of carbonyl (C=O) groups excluding carboxylic acids is 1. The molecule has 0 aliphatic heterocycles. The van der Waals surface area contributed by atoms with Gasteiger partial charge in [-0.1, -0.05) is 35.6 Å². The van der Waals surface area contributed by atoms with Crippen molar-refractivity contribution >= 4 is 38.6 Å². The second-order valence-corrected chi connectivity index (χ2v) is 8.09. The minimum Gasteiger partial charge on any atom is -0.298 e. The molecule has 0 aliphatic carbocycles. The first-order valence-electron chi connectivity index (χ1n) is 6.04. The van der Waals surface area contributed by atoms with E-state index in [-0.39, 0.29) is 23.8 Å². The fourth-order valence-electron chi connectivity index (χ4n) is 1.70. The Bertz CT molecular complexity index is 739. The summed E-state index contributed by atoms with van der Waals surface area (Å²) in [5.41, 5.74) is 1.57. The SMILES string of the molecule is CS(=O)(=O)Cc1ccc(-c2nnc(CC(=O)CCl)s2)cc1. The first-order valence-corrected chi connectivity index (χ1v) is 9.45. The average Bonchev–Trinajstić information content (AvgIpc) is 2.86. The number of halogens is 1. The van der Waals surface area contributed by atoms with Crippen LogP contribution in [0, 0.1) is 0 Å². The molecule has 1 aromatic heterocycles. The van der Waals surface area contributed by atoms with Crippen molar-refractivity contribution in [1.29, 1.82) is 0 Å². The minimum absolute atomic E-state index is 0.0128. The maximum atomic E-state index is 11.3. The smallest absolute Gasteiger partial charge is 0.154 e. The molecule has 0 aliphatic rings. The summed E-state index contributed by atoms with van der Waals surface area (Å²) in [4.78, 5) is 11.3. The van der Waals surface area contributed by atoms with E-state index < -0.39 is 9.84 Å². The van der Waals surface area contributed by atoms with Crippen LogP contribution in [-0.2, 0) is 26.8 Å². The molecule has 8 heteroatoms. The zero-order valence-electron chi connectivity index (χ0n) is 11.2. The van der Waals surface area contributed by atoms with Crippen molar-refractivity contribution in [3.63, 3.8) is 0 Å². The molecule has 112 valence electrons. The van der Waals surface area contributed by atoms with Gasteiger partial charge in [0.05, 0.1) is 18.1 Å². The number of benzene rings is 1. The molecular weight excluding hydrogens is 332 g/mol. The molecule has 0 N–H and O–H groups in total. The summed E-state index contributed by atoms with van der Waals surface area (Å²) in [5, 5.41) is 9.30. The number of sulfone groups is 1. The Morgan fingerprint density at radius 3 is 2.48 bits per heavy atom. The van der Waals surface area contributed by atoms with Gasteiger partial charge in [-0.05, 0) is 5.56 Å². The second kappa shape index (κ2) is 6.64. The summed E-state index contributed by atoms with van der Waals surface area (Å²) in [6, 6.07) is 7.10. The van der Waals surface area contributed by atoms with Gasteiger partial charge in [0.15, 0.2) is 15.6 Å². The monoisotopic (exact) mass is 344 g/mol. The molecular formula is C13H13ClN2O3S2. The highest BCUT2D eigenvalue weighted by Gasteiger charge is 2.11. The van der Waals surface area contributed by atoms with E-state index in [1.807, 2.05) is 0 Å². The topological polar surface area (TPSA) is 77.0 Å². The van der Waals surface area contributed by atoms with Gasteiger partial charge in [0.1, 0.15) is 10.0 Å². The quantitative estimate of drug-likeness (QED) is 0.750. The third kappa shape index (κ3) is 4.87. The Hall–Kier alpha value is -1.31. The van der Waals surface area contributed by atoms with Gasteiger partial charge in [0, 0.05) is 11.8 Å². The van der Waals surface area contributed by atoms with Crippen LogP contribution in [0.2, 0.25) is 0 Å². The van der Waals surface area contributed by atoms with Crippen LogP contribution in [-0.4, -0.2) is 36.5 Å². The Morgan fingerprint density at radius 1 is 1.24 bits per heavy atom. The van der Waals surface area contributed by atoms with Gasteiger partial charge in [-0.3, -0.25) is 4.79 Å². The molecule has 0 fully saturated rings. The molecule has 21 heavy (non-hydrogen) atoms. The summed E-state index contributed by atoms with van der Waals surface area (Å²) >= 11 is 6.78. The Labute approximate surface area is 131 Å². The van der Waals surface area contributed by atoms with Crippen LogP contribution in [0.5, 0.6) is 0 Å². The first-order chi connectivity index (χ1) is 9.87. The largest absolute Gasteiger partial charge is 0.298 e. The van der Waals surface area contributed by atoms with Gasteiger partial charge in [-0.15, -0.1) is 21.8 Å². The number of rotatable bonds is 6. The molecule has 5 nitrogen and oxygen atoms in total. The maximum Gasteiger partial charge on any atom is 0.154 e. The fourth-order valence-corrected chi connectivity index (χ4v) is 3.47. The van der Waals surface area contributed by atoms with E-state index in [1.165, 1.54) is 17.6 Å². The predicted octanol–water partition coefficient (Wildman–Crippen LogP) is 2.10. The number of aromatic nitrogens is 2. The minimum atomic E-state index is -3.04. The Kier molecular flexibility index (Phi) is 5.08. The maximum absolute atomic E-state index is 11.3. The molecule has 0 spiro atoms. The molecule has 0 saturated heterocycles. The molecule has 1 aromatic carbocycles. The zero-order valence-corrected chi connectivity index (χ0v) is 13.6. The van der Waals surface area contributed by atoms with Crippen molar-refractivity contribution in [2.24, 2.45) is 0 Å². The number of alkyl halides is 1. The lowest BCUT2D eigenvalue weighted by molar-refractivity contribution is -0.116. The summed E-state index contributed by atoms with van der Waals surface area (Å²) in [6.07, 6.45) is 1.39. The van der Waals surface area contributed by atoms with Crippen molar-refractivity contribution in [2.45, 2.75) is 12.2 Å². The normalized spacial score (nSPS) is 11.5. The van der Waals surface area contributed by atoms with E-state index in [0.717, 1.165) is 11.1 Å². The van der Waals surface area contributed by atoms with Gasteiger partial charge in [0.25, 0.3) is 0 Å². The molecule has 1 heterocycles. The molecule has 0 atom stereocenters. The van der Waals surface area contributed by atoms with E-state index in [9.17, 15) is 13.2 Å². The average molecular weight is 345 g/mol. The van der Waals surface area contributed by atoms with E-state index >= 15 is 0 Å². The summed E-state index contributed by atoms with van der Waals surface area (Å²) in [7, 11) is -3.04. The summed E-state index contributed by atoms with van der Waals surface area (Å²) in [5.74, 6) is -0.114.